The number of benzene rings is 2. The predicted molar refractivity (Wildman–Crippen MR) is 161 cm³/mol. The van der Waals surface area contributed by atoms with Crippen LogP contribution in [-0.2, 0) is 11.2 Å². The lowest BCUT2D eigenvalue weighted by Crippen LogP contribution is -2.50. The van der Waals surface area contributed by atoms with E-state index in [0.717, 1.165) is 34.4 Å². The topological polar surface area (TPSA) is 85.6 Å². The van der Waals surface area contributed by atoms with E-state index in [1.165, 1.54) is 23.5 Å². The van der Waals surface area contributed by atoms with Gasteiger partial charge in [0.1, 0.15) is 28.1 Å². The number of ether oxygens (including phenoxy) is 1. The van der Waals surface area contributed by atoms with Crippen molar-refractivity contribution in [1.82, 2.24) is 14.9 Å². The fraction of sp³-hybridized carbons (Fsp3) is 0.355. The van der Waals surface area contributed by atoms with Crippen molar-refractivity contribution in [3.63, 3.8) is 0 Å². The van der Waals surface area contributed by atoms with Crippen LogP contribution in [0.2, 0.25) is 0 Å². The van der Waals surface area contributed by atoms with E-state index in [9.17, 15) is 14.4 Å². The molecule has 41 heavy (non-hydrogen) atoms. The van der Waals surface area contributed by atoms with Gasteiger partial charge in [0.2, 0.25) is 0 Å². The number of pyridine rings is 1. The molecule has 2 aromatic heterocycles. The highest BCUT2D eigenvalue weighted by Crippen LogP contribution is 2.38. The molecule has 3 heterocycles. The number of carbonyl (C=O) groups is 1. The van der Waals surface area contributed by atoms with Crippen molar-refractivity contribution in [3.8, 4) is 17.3 Å². The molecule has 0 atom stereocenters. The summed E-state index contributed by atoms with van der Waals surface area (Å²) >= 11 is 1.30. The van der Waals surface area contributed by atoms with Crippen LogP contribution in [0.3, 0.4) is 0 Å². The van der Waals surface area contributed by atoms with Gasteiger partial charge in [0, 0.05) is 55.6 Å². The third-order valence-electron chi connectivity index (χ3n) is 6.97. The molecule has 2 aromatic carbocycles. The smallest absolute Gasteiger partial charge is 0.410 e. The molecule has 0 saturated carbocycles. The SMILES string of the molecule is CCc1cc(N(C)c2nc(-c3ccc(F)cc3)c(C#N)s2)c2cc(N3CCN(C(=O)OC(C)(C)C)CC3)ccc2n1. The van der Waals surface area contributed by atoms with Gasteiger partial charge in [-0.25, -0.2) is 14.2 Å². The van der Waals surface area contributed by atoms with Gasteiger partial charge in [0.15, 0.2) is 5.13 Å². The quantitative estimate of drug-likeness (QED) is 0.261. The fourth-order valence-corrected chi connectivity index (χ4v) is 5.67. The zero-order valence-corrected chi connectivity index (χ0v) is 24.8. The van der Waals surface area contributed by atoms with E-state index < -0.39 is 5.60 Å². The lowest BCUT2D eigenvalue weighted by atomic mass is 10.1. The van der Waals surface area contributed by atoms with Crippen LogP contribution in [0.4, 0.5) is 25.7 Å². The normalized spacial score (nSPS) is 13.8. The number of aromatic nitrogens is 2. The first-order valence-electron chi connectivity index (χ1n) is 13.6. The second-order valence-electron chi connectivity index (χ2n) is 11.0. The number of nitrogens with zero attached hydrogens (tertiary/aromatic N) is 6. The Morgan fingerprint density at radius 1 is 1.10 bits per heavy atom. The molecule has 0 aliphatic carbocycles. The van der Waals surface area contributed by atoms with Crippen LogP contribution in [0.1, 0.15) is 38.3 Å². The first-order valence-corrected chi connectivity index (χ1v) is 14.4. The van der Waals surface area contributed by atoms with Gasteiger partial charge < -0.3 is 19.4 Å². The Kier molecular flexibility index (Phi) is 7.82. The molecule has 0 unspecified atom stereocenters. The van der Waals surface area contributed by atoms with Gasteiger partial charge in [-0.05, 0) is 75.7 Å². The molecule has 1 aliphatic rings. The van der Waals surface area contributed by atoms with E-state index in [0.29, 0.717) is 47.4 Å². The molecule has 8 nitrogen and oxygen atoms in total. The second-order valence-corrected chi connectivity index (χ2v) is 12.0. The highest BCUT2D eigenvalue weighted by Gasteiger charge is 2.26. The van der Waals surface area contributed by atoms with Crippen LogP contribution >= 0.6 is 11.3 Å². The Labute approximate surface area is 243 Å². The molecule has 5 rings (SSSR count). The highest BCUT2D eigenvalue weighted by atomic mass is 32.1. The Balaban J connectivity index is 1.46. The number of nitriles is 1. The zero-order valence-electron chi connectivity index (χ0n) is 23.9. The summed E-state index contributed by atoms with van der Waals surface area (Å²) < 4.78 is 19.1. The van der Waals surface area contributed by atoms with Crippen molar-refractivity contribution in [2.75, 3.05) is 43.0 Å². The molecule has 0 radical (unpaired) electrons. The maximum Gasteiger partial charge on any atom is 0.410 e. The van der Waals surface area contributed by atoms with E-state index >= 15 is 0 Å². The van der Waals surface area contributed by atoms with E-state index in [1.807, 2.05) is 38.8 Å². The monoisotopic (exact) mass is 572 g/mol. The molecular weight excluding hydrogens is 539 g/mol. The molecule has 1 aliphatic heterocycles. The summed E-state index contributed by atoms with van der Waals surface area (Å²) in [6.07, 6.45) is 0.490. The first-order chi connectivity index (χ1) is 19.6. The van der Waals surface area contributed by atoms with Gasteiger partial charge in [-0.15, -0.1) is 0 Å². The number of fused-ring (bicyclic) bond motifs is 1. The highest BCUT2D eigenvalue weighted by molar-refractivity contribution is 7.16. The van der Waals surface area contributed by atoms with E-state index in [4.69, 9.17) is 14.7 Å². The number of amides is 1. The van der Waals surface area contributed by atoms with E-state index in [-0.39, 0.29) is 11.9 Å². The molecule has 1 fully saturated rings. The van der Waals surface area contributed by atoms with Crippen LogP contribution in [0.25, 0.3) is 22.2 Å². The molecule has 0 bridgehead atoms. The van der Waals surface area contributed by atoms with Crippen LogP contribution in [0, 0.1) is 17.1 Å². The maximum absolute atomic E-state index is 13.5. The Morgan fingerprint density at radius 2 is 1.80 bits per heavy atom. The summed E-state index contributed by atoms with van der Waals surface area (Å²) in [7, 11) is 1.94. The number of piperazine rings is 1. The number of hydrogen-bond donors (Lipinski definition) is 0. The Bertz CT molecular complexity index is 1610. The number of carbonyl (C=O) groups excluding carboxylic acids is 1. The van der Waals surface area contributed by atoms with Crippen molar-refractivity contribution < 1.29 is 13.9 Å². The molecule has 10 heteroatoms. The summed E-state index contributed by atoms with van der Waals surface area (Å²) in [4.78, 5) is 28.7. The second kappa shape index (κ2) is 11.3. The van der Waals surface area contributed by atoms with Crippen LogP contribution in [0.5, 0.6) is 0 Å². The van der Waals surface area contributed by atoms with Crippen LogP contribution in [-0.4, -0.2) is 59.8 Å². The first kappa shape index (κ1) is 28.3. The summed E-state index contributed by atoms with van der Waals surface area (Å²) in [5.41, 5.74) is 4.52. The van der Waals surface area contributed by atoms with Gasteiger partial charge in [-0.3, -0.25) is 4.98 Å². The zero-order chi connectivity index (χ0) is 29.3. The average molecular weight is 573 g/mol. The maximum atomic E-state index is 13.5. The van der Waals surface area contributed by atoms with Gasteiger partial charge in [-0.1, -0.05) is 18.3 Å². The lowest BCUT2D eigenvalue weighted by Gasteiger charge is -2.37. The number of thiazole rings is 1. The number of anilines is 3. The van der Waals surface area contributed by atoms with Crippen molar-refractivity contribution >= 4 is 44.8 Å². The Hall–Kier alpha value is -4.23. The molecule has 1 saturated heterocycles. The van der Waals surface area contributed by atoms with Gasteiger partial charge in [0.25, 0.3) is 0 Å². The number of halogens is 1. The summed E-state index contributed by atoms with van der Waals surface area (Å²) in [6, 6.07) is 16.6. The third kappa shape index (κ3) is 6.10. The van der Waals surface area contributed by atoms with E-state index in [1.54, 1.807) is 17.0 Å². The minimum Gasteiger partial charge on any atom is -0.444 e. The summed E-state index contributed by atoms with van der Waals surface area (Å²) in [6.45, 7) is 10.2. The Morgan fingerprint density at radius 3 is 2.44 bits per heavy atom. The number of hydrogen-bond acceptors (Lipinski definition) is 8. The van der Waals surface area contributed by atoms with Gasteiger partial charge in [0.05, 0.1) is 11.2 Å². The van der Waals surface area contributed by atoms with Gasteiger partial charge >= 0.3 is 6.09 Å². The van der Waals surface area contributed by atoms with Crippen molar-refractivity contribution in [3.05, 3.63) is 64.9 Å². The fourth-order valence-electron chi connectivity index (χ4n) is 4.81. The molecule has 0 spiro atoms. The average Bonchev–Trinajstić information content (AvgIpc) is 3.40. The minimum atomic E-state index is -0.523. The minimum absolute atomic E-state index is 0.281. The standard InChI is InChI=1S/C31H33FN6O2S/c1-6-22-17-26(36(5)29-35-28(27(19-33)41-29)20-7-9-21(32)10-8-20)24-18-23(11-12-25(24)34-22)37-13-15-38(16-14-37)30(39)40-31(2,3)4/h7-12,17-18H,6,13-16H2,1-5H3. The van der Waals surface area contributed by atoms with Crippen molar-refractivity contribution in [2.24, 2.45) is 0 Å². The van der Waals surface area contributed by atoms with Crippen molar-refractivity contribution in [2.45, 2.75) is 39.7 Å². The predicted octanol–water partition coefficient (Wildman–Crippen LogP) is 6.76. The molecule has 0 N–H and O–H groups in total. The molecule has 212 valence electrons. The largest absolute Gasteiger partial charge is 0.444 e. The molecule has 1 amide bonds. The third-order valence-corrected chi connectivity index (χ3v) is 8.00. The van der Waals surface area contributed by atoms with Crippen LogP contribution < -0.4 is 9.80 Å². The van der Waals surface area contributed by atoms with Crippen molar-refractivity contribution in [1.29, 1.82) is 5.26 Å². The van der Waals surface area contributed by atoms with Gasteiger partial charge in [-0.2, -0.15) is 5.26 Å². The molecular formula is C31H33FN6O2S. The lowest BCUT2D eigenvalue weighted by molar-refractivity contribution is 0.0240. The molecule has 4 aromatic rings. The summed E-state index contributed by atoms with van der Waals surface area (Å²) in [5, 5.41) is 11.4. The van der Waals surface area contributed by atoms with E-state index in [2.05, 4.69) is 36.1 Å². The number of aryl methyl sites for hydroxylation is 1. The van der Waals surface area contributed by atoms with Crippen LogP contribution in [0.15, 0.2) is 48.5 Å². The number of rotatable bonds is 5. The summed E-state index contributed by atoms with van der Waals surface area (Å²) in [5.74, 6) is -0.336.